The van der Waals surface area contributed by atoms with Crippen LogP contribution in [0.1, 0.15) is 19.8 Å². The Morgan fingerprint density at radius 2 is 2.25 bits per heavy atom. The van der Waals surface area contributed by atoms with Crippen LogP contribution in [0, 0.1) is 23.4 Å². The van der Waals surface area contributed by atoms with Gasteiger partial charge in [-0.1, -0.05) is 25.5 Å². The molecule has 24 heavy (non-hydrogen) atoms. The van der Waals surface area contributed by atoms with Gasteiger partial charge in [-0.3, -0.25) is 4.90 Å². The van der Waals surface area contributed by atoms with E-state index in [-0.39, 0.29) is 0 Å². The van der Waals surface area contributed by atoms with Crippen LogP contribution in [0.3, 0.4) is 0 Å². The van der Waals surface area contributed by atoms with E-state index >= 15 is 0 Å². The molecule has 3 unspecified atom stereocenters. The molecule has 0 N–H and O–H groups in total. The molecule has 5 heteroatoms. The molecule has 1 aliphatic carbocycles. The van der Waals surface area contributed by atoms with Crippen LogP contribution < -0.4 is 4.74 Å². The lowest BCUT2D eigenvalue weighted by molar-refractivity contribution is 0.0784. The average Bonchev–Trinajstić information content (AvgIpc) is 3.03. The number of hydrogen-bond donors (Lipinski definition) is 0. The molecule has 124 valence electrons. The van der Waals surface area contributed by atoms with Gasteiger partial charge >= 0.3 is 0 Å². The van der Waals surface area contributed by atoms with Crippen LogP contribution >= 0.6 is 0 Å². The Bertz CT molecular complexity index is 803. The summed E-state index contributed by atoms with van der Waals surface area (Å²) in [5.74, 6) is 2.08. The molecule has 1 fully saturated rings. The monoisotopic (exact) mass is 322 g/mol. The fraction of sp³-hybridized carbons (Fsp3) is 0.474. The minimum Gasteiger partial charge on any atom is -0.388 e. The van der Waals surface area contributed by atoms with Gasteiger partial charge in [0.25, 0.3) is 6.26 Å². The van der Waals surface area contributed by atoms with Crippen LogP contribution in [0.2, 0.25) is 0 Å². The van der Waals surface area contributed by atoms with Crippen LogP contribution in [-0.4, -0.2) is 33.6 Å². The average molecular weight is 322 g/mol. The quantitative estimate of drug-likeness (QED) is 0.627. The fourth-order valence-electron chi connectivity index (χ4n) is 4.23. The zero-order chi connectivity index (χ0) is 16.5. The Kier molecular flexibility index (Phi) is 3.99. The maximum absolute atomic E-state index is 8.69. The highest BCUT2D eigenvalue weighted by Crippen LogP contribution is 2.35. The second-order valence-electron chi connectivity index (χ2n) is 6.82. The summed E-state index contributed by atoms with van der Waals surface area (Å²) in [5.41, 5.74) is 1.96. The lowest BCUT2D eigenvalue weighted by Gasteiger charge is -2.46. The topological polar surface area (TPSA) is 54.1 Å². The molecule has 1 aromatic heterocycles. The number of fused-ring (bicyclic) bond motifs is 3. The van der Waals surface area contributed by atoms with Gasteiger partial charge in [-0.05, 0) is 30.4 Å². The van der Waals surface area contributed by atoms with Crippen LogP contribution in [0.4, 0.5) is 0 Å². The molecular weight excluding hydrogens is 300 g/mol. The van der Waals surface area contributed by atoms with E-state index in [9.17, 15) is 0 Å². The van der Waals surface area contributed by atoms with E-state index in [2.05, 4.69) is 33.5 Å². The minimum atomic E-state index is 0.567. The van der Waals surface area contributed by atoms with Crippen molar-refractivity contribution in [3.8, 4) is 12.0 Å². The third-order valence-electron chi connectivity index (χ3n) is 5.47. The first kappa shape index (κ1) is 15.2. The van der Waals surface area contributed by atoms with Gasteiger partial charge in [-0.15, -0.1) is 5.26 Å². The summed E-state index contributed by atoms with van der Waals surface area (Å²) in [6.07, 6.45) is 11.0. The minimum absolute atomic E-state index is 0.567. The molecule has 3 aliphatic rings. The second kappa shape index (κ2) is 6.29. The van der Waals surface area contributed by atoms with Crippen molar-refractivity contribution in [2.75, 3.05) is 13.1 Å². The van der Waals surface area contributed by atoms with Crippen molar-refractivity contribution in [1.82, 2.24) is 14.5 Å². The van der Waals surface area contributed by atoms with Crippen molar-refractivity contribution in [2.45, 2.75) is 32.4 Å². The van der Waals surface area contributed by atoms with Crippen molar-refractivity contribution < 1.29 is 4.74 Å². The number of aromatic nitrogens is 2. The van der Waals surface area contributed by atoms with E-state index in [0.717, 1.165) is 36.0 Å². The third kappa shape index (κ3) is 2.67. The van der Waals surface area contributed by atoms with Crippen LogP contribution in [-0.2, 0) is 6.54 Å². The van der Waals surface area contributed by atoms with Crippen molar-refractivity contribution in [1.29, 1.82) is 5.26 Å². The number of nitriles is 1. The maximum atomic E-state index is 8.69. The molecule has 3 heterocycles. The van der Waals surface area contributed by atoms with Crippen molar-refractivity contribution in [2.24, 2.45) is 11.8 Å². The predicted octanol–water partition coefficient (Wildman–Crippen LogP) is 3.18. The van der Waals surface area contributed by atoms with Gasteiger partial charge < -0.3 is 9.30 Å². The summed E-state index contributed by atoms with van der Waals surface area (Å²) < 4.78 is 7.11. The van der Waals surface area contributed by atoms with Crippen molar-refractivity contribution >= 4 is 11.0 Å². The van der Waals surface area contributed by atoms with Gasteiger partial charge in [0.05, 0.1) is 17.4 Å². The lowest BCUT2D eigenvalue weighted by Crippen LogP contribution is -2.51. The van der Waals surface area contributed by atoms with Crippen molar-refractivity contribution in [3.63, 3.8) is 0 Å². The number of nitrogens with zero attached hydrogens (tertiary/aromatic N) is 4. The molecule has 0 radical (unpaired) electrons. The van der Waals surface area contributed by atoms with Gasteiger partial charge in [-0.2, -0.15) is 0 Å². The summed E-state index contributed by atoms with van der Waals surface area (Å²) in [7, 11) is 0. The summed E-state index contributed by atoms with van der Waals surface area (Å²) in [5, 5.41) is 8.69. The van der Waals surface area contributed by atoms with Gasteiger partial charge in [0.15, 0.2) is 0 Å². The Balaban J connectivity index is 1.50. The standard InChI is InChI=1S/C19H22N4O/c1-2-15-9-14-3-6-18(15)22(11-14)7-8-23-13-21-17-5-4-16(24-12-20)10-19(17)23/h3-6,10,13-15,18H,2,7-9,11H2,1H3. The number of piperidine rings is 1. The smallest absolute Gasteiger partial charge is 0.292 e. The molecule has 0 spiro atoms. The molecule has 1 saturated heterocycles. The van der Waals surface area contributed by atoms with E-state index in [1.54, 1.807) is 12.3 Å². The van der Waals surface area contributed by atoms with E-state index in [1.165, 1.54) is 19.4 Å². The number of rotatable bonds is 5. The molecule has 2 aromatic rings. The van der Waals surface area contributed by atoms with E-state index < -0.39 is 0 Å². The lowest BCUT2D eigenvalue weighted by atomic mass is 9.76. The first-order valence-corrected chi connectivity index (χ1v) is 8.71. The molecule has 2 bridgehead atoms. The Labute approximate surface area is 142 Å². The Hall–Kier alpha value is -2.32. The zero-order valence-electron chi connectivity index (χ0n) is 13.9. The predicted molar refractivity (Wildman–Crippen MR) is 92.4 cm³/mol. The Morgan fingerprint density at radius 3 is 3.04 bits per heavy atom. The molecule has 5 rings (SSSR count). The van der Waals surface area contributed by atoms with Gasteiger partial charge in [0.2, 0.25) is 0 Å². The molecular formula is C19H22N4O. The number of benzene rings is 1. The first-order valence-electron chi connectivity index (χ1n) is 8.71. The third-order valence-corrected chi connectivity index (χ3v) is 5.47. The van der Waals surface area contributed by atoms with Crippen LogP contribution in [0.15, 0.2) is 36.7 Å². The summed E-state index contributed by atoms with van der Waals surface area (Å²) in [6, 6.07) is 6.16. The summed E-state index contributed by atoms with van der Waals surface area (Å²) >= 11 is 0. The second-order valence-corrected chi connectivity index (χ2v) is 6.82. The van der Waals surface area contributed by atoms with E-state index in [4.69, 9.17) is 10.00 Å². The van der Waals surface area contributed by atoms with E-state index in [0.29, 0.717) is 11.8 Å². The highest BCUT2D eigenvalue weighted by molar-refractivity contribution is 5.77. The molecule has 3 atom stereocenters. The molecule has 2 aliphatic heterocycles. The largest absolute Gasteiger partial charge is 0.388 e. The number of hydrogen-bond acceptors (Lipinski definition) is 4. The highest BCUT2D eigenvalue weighted by atomic mass is 16.5. The molecule has 0 amide bonds. The van der Waals surface area contributed by atoms with Crippen molar-refractivity contribution in [3.05, 3.63) is 36.7 Å². The first-order chi connectivity index (χ1) is 11.8. The highest BCUT2D eigenvalue weighted by Gasteiger charge is 2.35. The number of imidazole rings is 1. The molecule has 1 aromatic carbocycles. The van der Waals surface area contributed by atoms with E-state index in [1.807, 2.05) is 18.5 Å². The molecule has 0 saturated carbocycles. The summed E-state index contributed by atoms with van der Waals surface area (Å²) in [6.45, 7) is 5.40. The molecule has 5 nitrogen and oxygen atoms in total. The van der Waals surface area contributed by atoms with Crippen LogP contribution in [0.5, 0.6) is 5.75 Å². The fourth-order valence-corrected chi connectivity index (χ4v) is 4.23. The summed E-state index contributed by atoms with van der Waals surface area (Å²) in [4.78, 5) is 7.07. The number of ether oxygens (including phenoxy) is 1. The van der Waals surface area contributed by atoms with Crippen LogP contribution in [0.25, 0.3) is 11.0 Å². The maximum Gasteiger partial charge on any atom is 0.292 e. The van der Waals surface area contributed by atoms with Gasteiger partial charge in [0.1, 0.15) is 5.75 Å². The normalized spacial score (nSPS) is 25.9. The zero-order valence-corrected chi connectivity index (χ0v) is 13.9. The van der Waals surface area contributed by atoms with Gasteiger partial charge in [-0.25, -0.2) is 4.98 Å². The Morgan fingerprint density at radius 1 is 1.33 bits per heavy atom. The SMILES string of the molecule is CCC1CC2C=CC1N(CCn1cnc3ccc(OC#N)cc31)C2. The van der Waals surface area contributed by atoms with Gasteiger partial charge in [0, 0.05) is 31.7 Å².